The van der Waals surface area contributed by atoms with Gasteiger partial charge < -0.3 is 14.7 Å². The monoisotopic (exact) mass is 770 g/mol. The standard InChI is InChI=1S/C54H38BN3/c1-6-18-39(19-7-1)41-22-16-29-46(36-41)58-51-31-17-30-50-54(51)55(48-34-32-42(37-52(48)58)40-20-8-2-9-21-40)49-35-33-47(38-53(49)57(50)45-27-14-5-15-28-45)56(43-23-10-3-11-24-43)44-25-12-4-13-26-44/h1-38H/i1D,2D,3D,4D,6D,7D,8D,9D,10D,11D,12D,13D,16D,17D,18D,19D,20D,21D,22D,23D,24D,25D,26D,29D,30D,31D,32D,34D,36D,37D. The quantitative estimate of drug-likeness (QED) is 0.150. The molecule has 0 saturated heterocycles. The van der Waals surface area contributed by atoms with E-state index in [1.807, 2.05) is 0 Å². The van der Waals surface area contributed by atoms with Crippen molar-refractivity contribution in [1.29, 1.82) is 0 Å². The van der Waals surface area contributed by atoms with Crippen molar-refractivity contribution in [1.82, 2.24) is 0 Å². The third-order valence-corrected chi connectivity index (χ3v) is 9.54. The van der Waals surface area contributed by atoms with Crippen LogP contribution in [-0.4, -0.2) is 6.71 Å². The molecule has 0 radical (unpaired) electrons. The summed E-state index contributed by atoms with van der Waals surface area (Å²) in [6.07, 6.45) is 0. The topological polar surface area (TPSA) is 9.72 Å². The van der Waals surface area contributed by atoms with Crippen molar-refractivity contribution in [2.24, 2.45) is 0 Å². The van der Waals surface area contributed by atoms with E-state index in [0.29, 0.717) is 0 Å². The first kappa shape index (κ1) is 15.1. The van der Waals surface area contributed by atoms with Gasteiger partial charge in [-0.05, 0) is 117 Å². The Morgan fingerprint density at radius 3 is 1.57 bits per heavy atom. The summed E-state index contributed by atoms with van der Waals surface area (Å²) in [5.41, 5.74) is -8.18. The van der Waals surface area contributed by atoms with E-state index < -0.39 is 244 Å². The largest absolute Gasteiger partial charge is 0.311 e. The van der Waals surface area contributed by atoms with Gasteiger partial charge in [-0.15, -0.1) is 0 Å². The van der Waals surface area contributed by atoms with Gasteiger partial charge in [0, 0.05) is 51.2 Å². The van der Waals surface area contributed by atoms with E-state index in [2.05, 4.69) is 0 Å². The van der Waals surface area contributed by atoms with Gasteiger partial charge in [0.2, 0.25) is 0 Å². The smallest absolute Gasteiger partial charge is 0.252 e. The van der Waals surface area contributed by atoms with Crippen LogP contribution in [0.25, 0.3) is 22.3 Å². The number of rotatable bonds is 7. The van der Waals surface area contributed by atoms with E-state index in [0.717, 1.165) is 9.80 Å². The molecule has 0 aromatic heterocycles. The summed E-state index contributed by atoms with van der Waals surface area (Å²) < 4.78 is 273. The molecule has 0 spiro atoms. The number of hydrogen-bond donors (Lipinski definition) is 0. The molecule has 0 unspecified atom stereocenters. The van der Waals surface area contributed by atoms with Crippen molar-refractivity contribution in [3.8, 4) is 22.3 Å². The molecule has 0 N–H and O–H groups in total. The molecule has 9 aromatic carbocycles. The Kier molecular flexibility index (Phi) is 3.69. The van der Waals surface area contributed by atoms with Gasteiger partial charge in [-0.25, -0.2) is 0 Å². The van der Waals surface area contributed by atoms with Crippen molar-refractivity contribution >= 4 is 74.3 Å². The SMILES string of the molecule is [2H]c1c([2H])c([2H])c(-c2c([2H])c([2H])c([2H])c(N3c4c([2H])c(-c5c([2H])c([2H])c([2H])c([2H])c5[2H])c([2H])c([2H])c4B4c5ccc(N(c6c([2H])c([2H])c([2H])c([2H])c6[2H])c6c([2H])c([2H])c([2H])c([2H])c6[2H])cc5N(c5ccccc5)c5c([2H])c([2H])c([2H])c3c54)c2[2H])c([2H])c1[2H]. The van der Waals surface area contributed by atoms with Crippen molar-refractivity contribution in [3.05, 3.63) is 230 Å². The number of hydrogen-bond acceptors (Lipinski definition) is 3. The predicted octanol–water partition coefficient (Wildman–Crippen LogP) is 12.6. The van der Waals surface area contributed by atoms with Gasteiger partial charge in [0.1, 0.15) is 0 Å². The van der Waals surface area contributed by atoms with E-state index >= 15 is 0 Å². The summed E-state index contributed by atoms with van der Waals surface area (Å²) in [4.78, 5) is 3.01. The minimum Gasteiger partial charge on any atom is -0.311 e. The number of nitrogens with zero attached hydrogens (tertiary/aromatic N) is 3. The Hall–Kier alpha value is -7.56. The normalized spacial score (nSPS) is 19.6. The molecule has 0 bridgehead atoms. The van der Waals surface area contributed by atoms with Gasteiger partial charge in [-0.2, -0.15) is 0 Å². The van der Waals surface area contributed by atoms with E-state index in [9.17, 15) is 19.2 Å². The predicted molar refractivity (Wildman–Crippen MR) is 246 cm³/mol. The number of para-hydroxylation sites is 3. The van der Waals surface area contributed by atoms with Crippen LogP contribution in [0.1, 0.15) is 41.1 Å². The molecule has 2 aliphatic rings. The molecular formula is C54H38BN3. The molecule has 2 aliphatic heterocycles. The fraction of sp³-hybridized carbons (Fsp3) is 0. The van der Waals surface area contributed by atoms with Gasteiger partial charge in [0.15, 0.2) is 0 Å². The summed E-state index contributed by atoms with van der Waals surface area (Å²) >= 11 is 0. The van der Waals surface area contributed by atoms with Crippen LogP contribution in [0.5, 0.6) is 0 Å². The third kappa shape index (κ3) is 5.69. The fourth-order valence-corrected chi connectivity index (χ4v) is 7.21. The van der Waals surface area contributed by atoms with Crippen LogP contribution in [0.3, 0.4) is 0 Å². The number of anilines is 9. The van der Waals surface area contributed by atoms with Gasteiger partial charge in [-0.3, -0.25) is 0 Å². The molecule has 0 fully saturated rings. The highest BCUT2D eigenvalue weighted by molar-refractivity contribution is 7.00. The Morgan fingerprint density at radius 2 is 0.931 bits per heavy atom. The Balaban J connectivity index is 1.36. The zero-order chi connectivity index (χ0) is 64.5. The van der Waals surface area contributed by atoms with Crippen LogP contribution in [0.2, 0.25) is 0 Å². The van der Waals surface area contributed by atoms with Crippen LogP contribution in [0.4, 0.5) is 51.2 Å². The molecule has 272 valence electrons. The van der Waals surface area contributed by atoms with Gasteiger partial charge in [0.25, 0.3) is 6.71 Å². The fourth-order valence-electron chi connectivity index (χ4n) is 7.21. The van der Waals surface area contributed by atoms with Crippen molar-refractivity contribution in [2.45, 2.75) is 0 Å². The van der Waals surface area contributed by atoms with Gasteiger partial charge in [-0.1, -0.05) is 151 Å². The van der Waals surface area contributed by atoms with Crippen LogP contribution in [0, 0.1) is 0 Å². The lowest BCUT2D eigenvalue weighted by molar-refractivity contribution is 1.24. The molecule has 58 heavy (non-hydrogen) atoms. The summed E-state index contributed by atoms with van der Waals surface area (Å²) in [5, 5.41) is 0. The zero-order valence-electron chi connectivity index (χ0n) is 59.5. The lowest BCUT2D eigenvalue weighted by atomic mass is 9.33. The average Bonchev–Trinajstić information content (AvgIpc) is 0.680. The van der Waals surface area contributed by atoms with E-state index in [1.165, 1.54) is 35.2 Å². The van der Waals surface area contributed by atoms with Crippen LogP contribution < -0.4 is 31.1 Å². The number of fused-ring (bicyclic) bond motifs is 4. The second-order valence-corrected chi connectivity index (χ2v) is 12.7. The first-order valence-electron chi connectivity index (χ1n) is 32.5. The second-order valence-electron chi connectivity index (χ2n) is 12.7. The van der Waals surface area contributed by atoms with Crippen molar-refractivity contribution in [3.63, 3.8) is 0 Å². The van der Waals surface area contributed by atoms with Crippen LogP contribution in [-0.2, 0) is 0 Å². The third-order valence-electron chi connectivity index (χ3n) is 9.54. The maximum absolute atomic E-state index is 10.3. The molecule has 9 aromatic rings. The molecule has 0 amide bonds. The minimum absolute atomic E-state index is 0.0107. The molecule has 0 saturated carbocycles. The maximum Gasteiger partial charge on any atom is 0.252 e. The van der Waals surface area contributed by atoms with E-state index in [1.54, 1.807) is 18.2 Å². The molecular weight excluding hydrogens is 701 g/mol. The van der Waals surface area contributed by atoms with Crippen molar-refractivity contribution in [2.75, 3.05) is 14.7 Å². The zero-order valence-corrected chi connectivity index (χ0v) is 29.5. The lowest BCUT2D eigenvalue weighted by Crippen LogP contribution is -2.61. The summed E-state index contributed by atoms with van der Waals surface area (Å²) in [6, 6.07) is -16.1. The number of benzene rings is 9. The molecule has 11 rings (SSSR count). The van der Waals surface area contributed by atoms with E-state index in [4.69, 9.17) is 21.9 Å². The van der Waals surface area contributed by atoms with Crippen LogP contribution in [0.15, 0.2) is 230 Å². The first-order chi connectivity index (χ1) is 41.3. The minimum atomic E-state index is -1.70. The van der Waals surface area contributed by atoms with Gasteiger partial charge >= 0.3 is 0 Å². The lowest BCUT2D eigenvalue weighted by Gasteiger charge is -2.44. The Bertz CT molecular complexity index is 4490. The van der Waals surface area contributed by atoms with Gasteiger partial charge in [0.05, 0.1) is 41.1 Å². The summed E-state index contributed by atoms with van der Waals surface area (Å²) in [7, 11) is 0. The summed E-state index contributed by atoms with van der Waals surface area (Å²) in [5.74, 6) is 0. The molecule has 0 aliphatic carbocycles. The molecule has 4 heteroatoms. The van der Waals surface area contributed by atoms with Crippen molar-refractivity contribution < 1.29 is 41.1 Å². The highest BCUT2D eigenvalue weighted by Crippen LogP contribution is 2.46. The highest BCUT2D eigenvalue weighted by Gasteiger charge is 2.43. The van der Waals surface area contributed by atoms with E-state index in [-0.39, 0.29) is 33.7 Å². The second kappa shape index (κ2) is 14.2. The summed E-state index contributed by atoms with van der Waals surface area (Å²) in [6.45, 7) is -1.70. The molecule has 2 heterocycles. The average molecular weight is 770 g/mol. The first-order valence-corrected chi connectivity index (χ1v) is 17.5. The molecule has 0 atom stereocenters. The highest BCUT2D eigenvalue weighted by atomic mass is 15.2. The maximum atomic E-state index is 10.3. The van der Waals surface area contributed by atoms with Crippen LogP contribution >= 0.6 is 0 Å². The Morgan fingerprint density at radius 1 is 0.379 bits per heavy atom. The molecule has 3 nitrogen and oxygen atoms in total. The Labute approximate surface area is 382 Å².